The van der Waals surface area contributed by atoms with E-state index in [0.717, 1.165) is 6.07 Å². The Morgan fingerprint density at radius 1 is 1.41 bits per heavy atom. The highest BCUT2D eigenvalue weighted by Gasteiger charge is 2.14. The molecule has 0 aliphatic carbocycles. The molecule has 8 nitrogen and oxygen atoms in total. The number of nitro benzene ring substituents is 1. The van der Waals surface area contributed by atoms with Gasteiger partial charge in [-0.3, -0.25) is 10.1 Å². The van der Waals surface area contributed by atoms with E-state index < -0.39 is 10.9 Å². The zero-order valence-electron chi connectivity index (χ0n) is 8.35. The van der Waals surface area contributed by atoms with E-state index in [1.165, 1.54) is 29.5 Å². The monoisotopic (exact) mass is 234 g/mol. The van der Waals surface area contributed by atoms with Gasteiger partial charge in [-0.25, -0.2) is 14.5 Å². The van der Waals surface area contributed by atoms with Crippen LogP contribution in [0.3, 0.4) is 0 Å². The predicted octanol–water partition coefficient (Wildman–Crippen LogP) is 0.874. The smallest absolute Gasteiger partial charge is 0.336 e. The van der Waals surface area contributed by atoms with Gasteiger partial charge in [-0.2, -0.15) is 5.10 Å². The fraction of sp³-hybridized carbons (Fsp3) is 0. The van der Waals surface area contributed by atoms with Gasteiger partial charge >= 0.3 is 5.97 Å². The molecule has 0 aliphatic rings. The molecule has 0 spiro atoms. The van der Waals surface area contributed by atoms with Crippen molar-refractivity contribution >= 4 is 11.7 Å². The molecule has 1 N–H and O–H groups in total. The number of carboxylic acids is 1. The van der Waals surface area contributed by atoms with Crippen LogP contribution in [0.25, 0.3) is 5.69 Å². The highest BCUT2D eigenvalue weighted by atomic mass is 16.6. The first-order valence-electron chi connectivity index (χ1n) is 4.45. The van der Waals surface area contributed by atoms with Gasteiger partial charge < -0.3 is 5.11 Å². The van der Waals surface area contributed by atoms with E-state index in [1.54, 1.807) is 0 Å². The molecule has 0 bridgehead atoms. The Labute approximate surface area is 94.3 Å². The maximum absolute atomic E-state index is 10.8. The van der Waals surface area contributed by atoms with Crippen molar-refractivity contribution < 1.29 is 14.8 Å². The Morgan fingerprint density at radius 3 is 2.71 bits per heavy atom. The third-order valence-electron chi connectivity index (χ3n) is 2.04. The molecule has 1 aromatic heterocycles. The standard InChI is InChI=1S/C9H6N4O4/c14-9(15)6-1-7(12-5-10-4-11-12)3-8(2-6)13(16)17/h1-5H,(H,14,15). The number of rotatable bonds is 3. The van der Waals surface area contributed by atoms with Crippen molar-refractivity contribution in [2.75, 3.05) is 0 Å². The number of aromatic nitrogens is 3. The summed E-state index contributed by atoms with van der Waals surface area (Å²) in [5.74, 6) is -1.24. The lowest BCUT2D eigenvalue weighted by molar-refractivity contribution is -0.384. The van der Waals surface area contributed by atoms with Crippen molar-refractivity contribution in [3.63, 3.8) is 0 Å². The lowest BCUT2D eigenvalue weighted by Crippen LogP contribution is -2.02. The highest BCUT2D eigenvalue weighted by Crippen LogP contribution is 2.19. The quantitative estimate of drug-likeness (QED) is 0.623. The van der Waals surface area contributed by atoms with E-state index in [1.807, 2.05) is 0 Å². The van der Waals surface area contributed by atoms with Crippen LogP contribution in [0.2, 0.25) is 0 Å². The Morgan fingerprint density at radius 2 is 2.18 bits per heavy atom. The van der Waals surface area contributed by atoms with Gasteiger partial charge in [-0.05, 0) is 6.07 Å². The van der Waals surface area contributed by atoms with Gasteiger partial charge in [0.05, 0.1) is 16.2 Å². The summed E-state index contributed by atoms with van der Waals surface area (Å²) < 4.78 is 1.25. The molecule has 0 radical (unpaired) electrons. The zero-order chi connectivity index (χ0) is 12.4. The van der Waals surface area contributed by atoms with E-state index in [0.29, 0.717) is 0 Å². The van der Waals surface area contributed by atoms with Crippen molar-refractivity contribution in [1.82, 2.24) is 14.8 Å². The normalized spacial score (nSPS) is 10.1. The molecule has 86 valence electrons. The summed E-state index contributed by atoms with van der Waals surface area (Å²) in [6, 6.07) is 3.49. The third kappa shape index (κ3) is 2.09. The Bertz CT molecular complexity index is 546. The molecular formula is C9H6N4O4. The fourth-order valence-corrected chi connectivity index (χ4v) is 1.30. The summed E-state index contributed by atoms with van der Waals surface area (Å²) >= 11 is 0. The third-order valence-corrected chi connectivity index (χ3v) is 2.04. The topological polar surface area (TPSA) is 111 Å². The molecular weight excluding hydrogens is 228 g/mol. The first-order valence-corrected chi connectivity index (χ1v) is 4.45. The summed E-state index contributed by atoms with van der Waals surface area (Å²) in [4.78, 5) is 24.5. The number of carbonyl (C=O) groups is 1. The van der Waals surface area contributed by atoms with Crippen molar-refractivity contribution in [3.8, 4) is 5.69 Å². The lowest BCUT2D eigenvalue weighted by Gasteiger charge is -2.02. The molecule has 8 heteroatoms. The zero-order valence-corrected chi connectivity index (χ0v) is 8.35. The Balaban J connectivity index is 2.60. The maximum atomic E-state index is 10.8. The highest BCUT2D eigenvalue weighted by molar-refractivity contribution is 5.89. The molecule has 0 atom stereocenters. The molecule has 1 aromatic carbocycles. The minimum Gasteiger partial charge on any atom is -0.478 e. The van der Waals surface area contributed by atoms with Crippen molar-refractivity contribution in [2.24, 2.45) is 0 Å². The average Bonchev–Trinajstić information content (AvgIpc) is 2.81. The van der Waals surface area contributed by atoms with Gasteiger partial charge in [-0.15, -0.1) is 0 Å². The Kier molecular flexibility index (Phi) is 2.53. The summed E-state index contributed by atoms with van der Waals surface area (Å²) in [6.45, 7) is 0. The molecule has 17 heavy (non-hydrogen) atoms. The molecule has 0 saturated carbocycles. The fourth-order valence-electron chi connectivity index (χ4n) is 1.30. The number of non-ortho nitro benzene ring substituents is 1. The second kappa shape index (κ2) is 4.00. The average molecular weight is 234 g/mol. The van der Waals surface area contributed by atoms with E-state index in [-0.39, 0.29) is 16.9 Å². The summed E-state index contributed by atoms with van der Waals surface area (Å²) in [5, 5.41) is 23.3. The van der Waals surface area contributed by atoms with Crippen molar-refractivity contribution in [2.45, 2.75) is 0 Å². The molecule has 0 aliphatic heterocycles. The van der Waals surface area contributed by atoms with Crippen molar-refractivity contribution in [1.29, 1.82) is 0 Å². The van der Waals surface area contributed by atoms with E-state index in [9.17, 15) is 14.9 Å². The van der Waals surface area contributed by atoms with Gasteiger partial charge in [0, 0.05) is 12.1 Å². The number of hydrogen-bond donors (Lipinski definition) is 1. The summed E-state index contributed by atoms with van der Waals surface area (Å²) in [7, 11) is 0. The number of aromatic carboxylic acids is 1. The first-order chi connectivity index (χ1) is 8.08. The minimum absolute atomic E-state index is 0.176. The minimum atomic E-state index is -1.24. The summed E-state index contributed by atoms with van der Waals surface area (Å²) in [6.07, 6.45) is 2.57. The van der Waals surface area contributed by atoms with E-state index in [4.69, 9.17) is 5.11 Å². The van der Waals surface area contributed by atoms with Crippen LogP contribution >= 0.6 is 0 Å². The van der Waals surface area contributed by atoms with Crippen LogP contribution in [0.1, 0.15) is 10.4 Å². The number of nitro groups is 1. The van der Waals surface area contributed by atoms with Gasteiger partial charge in [0.2, 0.25) is 0 Å². The van der Waals surface area contributed by atoms with Crippen molar-refractivity contribution in [3.05, 3.63) is 46.5 Å². The first kappa shape index (κ1) is 10.7. The van der Waals surface area contributed by atoms with E-state index in [2.05, 4.69) is 10.1 Å². The predicted molar refractivity (Wildman–Crippen MR) is 55.0 cm³/mol. The van der Waals surface area contributed by atoms with Crippen LogP contribution < -0.4 is 0 Å². The maximum Gasteiger partial charge on any atom is 0.336 e. The van der Waals surface area contributed by atoms with Gasteiger partial charge in [0.1, 0.15) is 12.7 Å². The lowest BCUT2D eigenvalue weighted by atomic mass is 10.2. The molecule has 2 aromatic rings. The summed E-state index contributed by atoms with van der Waals surface area (Å²) in [5.41, 5.74) is -0.214. The largest absolute Gasteiger partial charge is 0.478 e. The molecule has 0 saturated heterocycles. The number of nitrogens with zero attached hydrogens (tertiary/aromatic N) is 4. The second-order valence-corrected chi connectivity index (χ2v) is 3.14. The molecule has 0 unspecified atom stereocenters. The van der Waals surface area contributed by atoms with Crippen LogP contribution in [-0.4, -0.2) is 30.8 Å². The van der Waals surface area contributed by atoms with Gasteiger partial charge in [0.15, 0.2) is 0 Å². The molecule has 0 fully saturated rings. The van der Waals surface area contributed by atoms with Crippen LogP contribution in [0, 0.1) is 10.1 Å². The van der Waals surface area contributed by atoms with Crippen LogP contribution in [0.5, 0.6) is 0 Å². The number of carboxylic acid groups (broad SMARTS) is 1. The molecule has 1 heterocycles. The number of hydrogen-bond acceptors (Lipinski definition) is 5. The van der Waals surface area contributed by atoms with E-state index >= 15 is 0 Å². The second-order valence-electron chi connectivity index (χ2n) is 3.14. The van der Waals surface area contributed by atoms with Gasteiger partial charge in [-0.1, -0.05) is 0 Å². The Hall–Kier alpha value is -2.77. The SMILES string of the molecule is O=C(O)c1cc(-n2cncn2)cc([N+](=O)[O-])c1. The van der Waals surface area contributed by atoms with Gasteiger partial charge in [0.25, 0.3) is 5.69 Å². The number of benzene rings is 1. The van der Waals surface area contributed by atoms with Crippen LogP contribution in [0.4, 0.5) is 5.69 Å². The molecule has 0 amide bonds. The van der Waals surface area contributed by atoms with Crippen LogP contribution in [-0.2, 0) is 0 Å². The van der Waals surface area contributed by atoms with Crippen LogP contribution in [0.15, 0.2) is 30.9 Å². The molecule has 2 rings (SSSR count).